The Labute approximate surface area is 139 Å². The molecule has 1 saturated heterocycles. The van der Waals surface area contributed by atoms with Crippen molar-refractivity contribution in [3.05, 3.63) is 35.9 Å². The molecule has 1 heterocycles. The summed E-state index contributed by atoms with van der Waals surface area (Å²) < 4.78 is 40.4. The largest absolute Gasteiger partial charge is 0.413 e. The topological polar surface area (TPSA) is 49.4 Å². The quantitative estimate of drug-likeness (QED) is 0.913. The van der Waals surface area contributed by atoms with Crippen LogP contribution in [0.2, 0.25) is 0 Å². The second kappa shape index (κ2) is 7.68. The minimum Gasteiger partial charge on any atom is -0.353 e. The summed E-state index contributed by atoms with van der Waals surface area (Å²) in [5.74, 6) is -0.781. The molecule has 0 saturated carbocycles. The fraction of sp³-hybridized carbons (Fsp3) is 0.529. The van der Waals surface area contributed by atoms with Crippen LogP contribution in [0.25, 0.3) is 0 Å². The van der Waals surface area contributed by atoms with Crippen molar-refractivity contribution >= 4 is 11.8 Å². The molecule has 2 rings (SSSR count). The van der Waals surface area contributed by atoms with E-state index in [1.807, 2.05) is 0 Å². The number of hydrogen-bond donors (Lipinski definition) is 1. The minimum absolute atomic E-state index is 0.0192. The smallest absolute Gasteiger partial charge is 0.353 e. The van der Waals surface area contributed by atoms with Crippen molar-refractivity contribution in [2.24, 2.45) is 0 Å². The number of amides is 2. The monoisotopic (exact) mass is 342 g/mol. The number of rotatable bonds is 4. The van der Waals surface area contributed by atoms with E-state index in [-0.39, 0.29) is 17.9 Å². The van der Waals surface area contributed by atoms with Gasteiger partial charge in [-0.25, -0.2) is 0 Å². The normalized spacial score (nSPS) is 20.0. The van der Waals surface area contributed by atoms with E-state index >= 15 is 0 Å². The maximum Gasteiger partial charge on any atom is 0.413 e. The fourth-order valence-electron chi connectivity index (χ4n) is 2.97. The van der Waals surface area contributed by atoms with Gasteiger partial charge in [-0.05, 0) is 18.4 Å². The molecule has 1 aromatic carbocycles. The molecule has 0 bridgehead atoms. The van der Waals surface area contributed by atoms with Crippen LogP contribution in [0.15, 0.2) is 30.3 Å². The lowest BCUT2D eigenvalue weighted by atomic mass is 10.0. The summed E-state index contributed by atoms with van der Waals surface area (Å²) in [5.41, 5.74) is 0.0192. The molecule has 1 aliphatic rings. The van der Waals surface area contributed by atoms with Crippen molar-refractivity contribution in [2.75, 3.05) is 7.05 Å². The van der Waals surface area contributed by atoms with E-state index in [0.29, 0.717) is 12.8 Å². The average Bonchev–Trinajstić information content (AvgIpc) is 2.71. The van der Waals surface area contributed by atoms with Crippen molar-refractivity contribution in [1.82, 2.24) is 10.2 Å². The number of carbonyl (C=O) groups is 2. The van der Waals surface area contributed by atoms with Crippen LogP contribution in [-0.4, -0.2) is 36.0 Å². The van der Waals surface area contributed by atoms with Crippen LogP contribution < -0.4 is 5.32 Å². The van der Waals surface area contributed by atoms with Gasteiger partial charge in [0.05, 0.1) is 0 Å². The molecule has 2 amide bonds. The van der Waals surface area contributed by atoms with Gasteiger partial charge in [-0.3, -0.25) is 9.59 Å². The Morgan fingerprint density at radius 3 is 2.58 bits per heavy atom. The van der Waals surface area contributed by atoms with E-state index in [1.54, 1.807) is 6.07 Å². The Hall–Kier alpha value is -2.05. The van der Waals surface area contributed by atoms with E-state index in [9.17, 15) is 22.8 Å². The van der Waals surface area contributed by atoms with Crippen molar-refractivity contribution in [1.29, 1.82) is 0 Å². The molecule has 7 heteroatoms. The predicted octanol–water partition coefficient (Wildman–Crippen LogP) is 3.20. The molecule has 0 aliphatic carbocycles. The van der Waals surface area contributed by atoms with E-state index in [0.717, 1.165) is 24.8 Å². The third-order valence-electron chi connectivity index (χ3n) is 4.20. The molecule has 1 fully saturated rings. The zero-order valence-corrected chi connectivity index (χ0v) is 13.5. The highest BCUT2D eigenvalue weighted by Gasteiger charge is 2.45. The van der Waals surface area contributed by atoms with E-state index < -0.39 is 24.2 Å². The standard InChI is InChI=1S/C17H21F3N2O2/c1-22(15(24)11-13-9-5-6-10-14(23)21-13)16(17(18,19)20)12-7-3-2-4-8-12/h2-4,7-8,13,16H,5-6,9-11H2,1H3,(H,21,23)/t13-,16+/m1/s1. The Morgan fingerprint density at radius 1 is 1.29 bits per heavy atom. The molecule has 1 aliphatic heterocycles. The number of alkyl halides is 3. The Bertz CT molecular complexity index is 575. The number of hydrogen-bond acceptors (Lipinski definition) is 2. The second-order valence-electron chi connectivity index (χ2n) is 6.07. The van der Waals surface area contributed by atoms with Crippen LogP contribution in [-0.2, 0) is 9.59 Å². The van der Waals surface area contributed by atoms with Crippen molar-refractivity contribution in [3.8, 4) is 0 Å². The lowest BCUT2D eigenvalue weighted by Crippen LogP contribution is -2.43. The van der Waals surface area contributed by atoms with Crippen molar-refractivity contribution < 1.29 is 22.8 Å². The molecule has 1 N–H and O–H groups in total. The Kier molecular flexibility index (Phi) is 5.85. The van der Waals surface area contributed by atoms with Crippen LogP contribution >= 0.6 is 0 Å². The molecular weight excluding hydrogens is 321 g/mol. The van der Waals surface area contributed by atoms with Crippen molar-refractivity contribution in [2.45, 2.75) is 50.4 Å². The predicted molar refractivity (Wildman–Crippen MR) is 83.0 cm³/mol. The summed E-state index contributed by atoms with van der Waals surface area (Å²) in [4.78, 5) is 24.6. The first-order valence-electron chi connectivity index (χ1n) is 7.95. The molecular formula is C17H21F3N2O2. The average molecular weight is 342 g/mol. The van der Waals surface area contributed by atoms with Crippen LogP contribution in [0.4, 0.5) is 13.2 Å². The third kappa shape index (κ3) is 4.72. The first-order valence-corrected chi connectivity index (χ1v) is 7.95. The van der Waals surface area contributed by atoms with Crippen LogP contribution in [0, 0.1) is 0 Å². The Morgan fingerprint density at radius 2 is 1.96 bits per heavy atom. The maximum absolute atomic E-state index is 13.5. The van der Waals surface area contributed by atoms with Gasteiger partial charge in [0.15, 0.2) is 6.04 Å². The SMILES string of the molecule is CN(C(=O)C[C@H]1CCCCC(=O)N1)[C@@H](c1ccccc1)C(F)(F)F. The highest BCUT2D eigenvalue weighted by molar-refractivity contribution is 5.80. The van der Waals surface area contributed by atoms with Gasteiger partial charge in [-0.15, -0.1) is 0 Å². The molecule has 4 nitrogen and oxygen atoms in total. The number of nitrogens with one attached hydrogen (secondary N) is 1. The summed E-state index contributed by atoms with van der Waals surface area (Å²) in [6.45, 7) is 0. The molecule has 0 unspecified atom stereocenters. The zero-order chi connectivity index (χ0) is 17.7. The molecule has 132 valence electrons. The number of benzene rings is 1. The molecule has 0 aromatic heterocycles. The second-order valence-corrected chi connectivity index (χ2v) is 6.07. The van der Waals surface area contributed by atoms with Gasteiger partial charge < -0.3 is 10.2 Å². The molecule has 24 heavy (non-hydrogen) atoms. The van der Waals surface area contributed by atoms with Crippen LogP contribution in [0.3, 0.4) is 0 Å². The van der Waals surface area contributed by atoms with Gasteiger partial charge in [0.2, 0.25) is 11.8 Å². The van der Waals surface area contributed by atoms with Gasteiger partial charge in [0, 0.05) is 25.9 Å². The highest BCUT2D eigenvalue weighted by Crippen LogP contribution is 2.37. The minimum atomic E-state index is -4.57. The van der Waals surface area contributed by atoms with Crippen LogP contribution in [0.1, 0.15) is 43.7 Å². The van der Waals surface area contributed by atoms with Gasteiger partial charge >= 0.3 is 6.18 Å². The zero-order valence-electron chi connectivity index (χ0n) is 13.5. The van der Waals surface area contributed by atoms with E-state index in [1.165, 1.54) is 24.3 Å². The maximum atomic E-state index is 13.5. The van der Waals surface area contributed by atoms with E-state index in [2.05, 4.69) is 5.32 Å². The molecule has 2 atom stereocenters. The summed E-state index contributed by atoms with van der Waals surface area (Å²) >= 11 is 0. The van der Waals surface area contributed by atoms with Gasteiger partial charge in [0.25, 0.3) is 0 Å². The fourth-order valence-corrected chi connectivity index (χ4v) is 2.97. The Balaban J connectivity index is 2.12. The van der Waals surface area contributed by atoms with E-state index in [4.69, 9.17) is 0 Å². The molecule has 1 aromatic rings. The molecule has 0 spiro atoms. The molecule has 0 radical (unpaired) electrons. The van der Waals surface area contributed by atoms with Gasteiger partial charge in [0.1, 0.15) is 0 Å². The summed E-state index contributed by atoms with van der Waals surface area (Å²) in [6, 6.07) is 4.97. The van der Waals surface area contributed by atoms with Gasteiger partial charge in [-0.2, -0.15) is 13.2 Å². The number of halogens is 3. The lowest BCUT2D eigenvalue weighted by Gasteiger charge is -2.31. The van der Waals surface area contributed by atoms with Crippen molar-refractivity contribution in [3.63, 3.8) is 0 Å². The number of carbonyl (C=O) groups excluding carboxylic acids is 2. The first-order chi connectivity index (χ1) is 11.3. The summed E-state index contributed by atoms with van der Waals surface area (Å²) in [7, 11) is 1.16. The number of nitrogens with zero attached hydrogens (tertiary/aromatic N) is 1. The van der Waals surface area contributed by atoms with Gasteiger partial charge in [-0.1, -0.05) is 36.8 Å². The summed E-state index contributed by atoms with van der Waals surface area (Å²) in [6.07, 6.45) is -2.17. The third-order valence-corrected chi connectivity index (χ3v) is 4.20. The highest BCUT2D eigenvalue weighted by atomic mass is 19.4. The first kappa shape index (κ1) is 18.3. The lowest BCUT2D eigenvalue weighted by molar-refractivity contribution is -0.189. The summed E-state index contributed by atoms with van der Waals surface area (Å²) in [5, 5.41) is 2.71. The van der Waals surface area contributed by atoms with Crippen LogP contribution in [0.5, 0.6) is 0 Å².